The Labute approximate surface area is 183 Å². The number of benzene rings is 1. The number of hydrogen-bond donors (Lipinski definition) is 2. The first-order valence-electron chi connectivity index (χ1n) is 9.23. The van der Waals surface area contributed by atoms with Gasteiger partial charge in [-0.25, -0.2) is 9.38 Å². The van der Waals surface area contributed by atoms with E-state index >= 15 is 0 Å². The van der Waals surface area contributed by atoms with E-state index in [0.717, 1.165) is 38.4 Å². The average molecular weight is 507 g/mol. The molecule has 1 aliphatic rings. The molecule has 0 spiro atoms. The summed E-state index contributed by atoms with van der Waals surface area (Å²) < 4.78 is 18.8. The summed E-state index contributed by atoms with van der Waals surface area (Å²) in [5, 5.41) is 6.33. The van der Waals surface area contributed by atoms with Crippen LogP contribution in [0.4, 0.5) is 4.39 Å². The Morgan fingerprint density at radius 3 is 2.64 bits per heavy atom. The number of carbonyl (C=O) groups excluding carboxylic acids is 1. The molecule has 1 aromatic carbocycles. The van der Waals surface area contributed by atoms with E-state index in [1.807, 2.05) is 0 Å². The number of aryl methyl sites for hydroxylation is 1. The van der Waals surface area contributed by atoms with E-state index in [4.69, 9.17) is 4.74 Å². The van der Waals surface area contributed by atoms with Crippen molar-refractivity contribution < 1.29 is 13.9 Å². The van der Waals surface area contributed by atoms with Gasteiger partial charge in [0, 0.05) is 40.3 Å². The van der Waals surface area contributed by atoms with Crippen LogP contribution in [0.15, 0.2) is 23.2 Å². The Bertz CT molecular complexity index is 651. The number of guanidine groups is 1. The minimum absolute atomic E-state index is 0. The number of amides is 1. The number of carbonyl (C=O) groups is 1. The van der Waals surface area contributed by atoms with Gasteiger partial charge in [-0.2, -0.15) is 0 Å². The van der Waals surface area contributed by atoms with Crippen molar-refractivity contribution in [3.8, 4) is 0 Å². The molecule has 2 rings (SSSR count). The molecule has 0 bridgehead atoms. The summed E-state index contributed by atoms with van der Waals surface area (Å²) in [5.74, 6) is 0.317. The summed E-state index contributed by atoms with van der Waals surface area (Å²) in [6, 6.07) is 4.96. The molecule has 1 aromatic rings. The number of likely N-dealkylation sites (N-methyl/N-ethyl adjacent to an activating group) is 1. The highest BCUT2D eigenvalue weighted by Gasteiger charge is 2.10. The van der Waals surface area contributed by atoms with Gasteiger partial charge in [0.2, 0.25) is 5.91 Å². The fraction of sp³-hybridized carbons (Fsp3) is 0.579. The molecule has 1 fully saturated rings. The summed E-state index contributed by atoms with van der Waals surface area (Å²) in [4.78, 5) is 20.2. The lowest BCUT2D eigenvalue weighted by molar-refractivity contribution is -0.127. The van der Waals surface area contributed by atoms with Crippen LogP contribution in [-0.2, 0) is 16.1 Å². The van der Waals surface area contributed by atoms with Crippen LogP contribution < -0.4 is 10.6 Å². The fourth-order valence-electron chi connectivity index (χ4n) is 2.62. The molecule has 0 unspecified atom stereocenters. The standard InChI is InChI=1S/C19H30FN5O2.HI/c1-15-12-16(4-5-17(15)20)13-22-19(23-14-18(26)24(2)3)21-6-7-25-8-10-27-11-9-25;/h4-5,12H,6-11,13-14H2,1-3H3,(H2,21,22,23);1H. The predicted octanol–water partition coefficient (Wildman–Crippen LogP) is 1.21. The van der Waals surface area contributed by atoms with Gasteiger partial charge in [-0.05, 0) is 24.1 Å². The van der Waals surface area contributed by atoms with E-state index in [1.165, 1.54) is 11.0 Å². The Balaban J connectivity index is 0.00000392. The smallest absolute Gasteiger partial charge is 0.241 e. The maximum Gasteiger partial charge on any atom is 0.241 e. The minimum Gasteiger partial charge on any atom is -0.379 e. The van der Waals surface area contributed by atoms with Gasteiger partial charge in [-0.3, -0.25) is 9.69 Å². The number of nitrogens with zero attached hydrogens (tertiary/aromatic N) is 3. The van der Waals surface area contributed by atoms with Crippen molar-refractivity contribution in [2.24, 2.45) is 4.99 Å². The lowest BCUT2D eigenvalue weighted by Crippen LogP contribution is -2.46. The summed E-state index contributed by atoms with van der Waals surface area (Å²) in [6.45, 7) is 7.28. The van der Waals surface area contributed by atoms with Gasteiger partial charge in [0.15, 0.2) is 5.96 Å². The molecule has 158 valence electrons. The fourth-order valence-corrected chi connectivity index (χ4v) is 2.62. The first-order valence-corrected chi connectivity index (χ1v) is 9.23. The second-order valence-corrected chi connectivity index (χ2v) is 6.77. The molecule has 0 radical (unpaired) electrons. The number of hydrogen-bond acceptors (Lipinski definition) is 4. The topological polar surface area (TPSA) is 69.2 Å². The lowest BCUT2D eigenvalue weighted by atomic mass is 10.1. The highest BCUT2D eigenvalue weighted by molar-refractivity contribution is 14.0. The van der Waals surface area contributed by atoms with Crippen LogP contribution in [0.5, 0.6) is 0 Å². The molecule has 7 nitrogen and oxygen atoms in total. The first kappa shape index (κ1) is 24.6. The second-order valence-electron chi connectivity index (χ2n) is 6.77. The van der Waals surface area contributed by atoms with Crippen LogP contribution in [-0.4, -0.2) is 81.7 Å². The number of nitrogens with one attached hydrogen (secondary N) is 2. The largest absolute Gasteiger partial charge is 0.379 e. The quantitative estimate of drug-likeness (QED) is 0.330. The van der Waals surface area contributed by atoms with Crippen molar-refractivity contribution in [1.29, 1.82) is 0 Å². The molecular formula is C19H31FIN5O2. The zero-order chi connectivity index (χ0) is 19.6. The Morgan fingerprint density at radius 2 is 2.00 bits per heavy atom. The number of halogens is 2. The molecular weight excluding hydrogens is 476 g/mol. The Morgan fingerprint density at radius 1 is 1.29 bits per heavy atom. The normalized spacial score (nSPS) is 14.9. The highest BCUT2D eigenvalue weighted by atomic mass is 127. The van der Waals surface area contributed by atoms with Crippen molar-refractivity contribution in [2.45, 2.75) is 13.5 Å². The second kappa shape index (κ2) is 12.9. The van der Waals surface area contributed by atoms with E-state index < -0.39 is 0 Å². The SMILES string of the molecule is Cc1cc(CN=C(NCCN2CCOCC2)NCC(=O)N(C)C)ccc1F.I. The highest BCUT2D eigenvalue weighted by Crippen LogP contribution is 2.10. The Hall–Kier alpha value is -1.46. The van der Waals surface area contributed by atoms with Crippen molar-refractivity contribution in [2.75, 3.05) is 60.0 Å². The molecule has 1 heterocycles. The van der Waals surface area contributed by atoms with Gasteiger partial charge in [0.25, 0.3) is 0 Å². The molecule has 0 aromatic heterocycles. The number of morpholine rings is 1. The van der Waals surface area contributed by atoms with Gasteiger partial charge < -0.3 is 20.3 Å². The van der Waals surface area contributed by atoms with Crippen molar-refractivity contribution >= 4 is 35.8 Å². The maximum atomic E-state index is 13.4. The van der Waals surface area contributed by atoms with Crippen molar-refractivity contribution in [1.82, 2.24) is 20.4 Å². The number of rotatable bonds is 7. The van der Waals surface area contributed by atoms with Crippen molar-refractivity contribution in [3.63, 3.8) is 0 Å². The molecule has 0 aliphatic carbocycles. The number of ether oxygens (including phenoxy) is 1. The molecule has 9 heteroatoms. The molecule has 28 heavy (non-hydrogen) atoms. The van der Waals surface area contributed by atoms with E-state index in [1.54, 1.807) is 33.2 Å². The van der Waals surface area contributed by atoms with Gasteiger partial charge in [0.1, 0.15) is 5.82 Å². The summed E-state index contributed by atoms with van der Waals surface area (Å²) >= 11 is 0. The van der Waals surface area contributed by atoms with Crippen LogP contribution >= 0.6 is 24.0 Å². The van der Waals surface area contributed by atoms with E-state index in [2.05, 4.69) is 20.5 Å². The molecule has 2 N–H and O–H groups in total. The summed E-state index contributed by atoms with van der Waals surface area (Å²) in [5.41, 5.74) is 1.52. The van der Waals surface area contributed by atoms with Crippen LogP contribution in [0.3, 0.4) is 0 Å². The van der Waals surface area contributed by atoms with Gasteiger partial charge >= 0.3 is 0 Å². The molecule has 0 saturated carbocycles. The minimum atomic E-state index is -0.221. The molecule has 1 amide bonds. The van der Waals surface area contributed by atoms with Crippen LogP contribution in [0.1, 0.15) is 11.1 Å². The number of aliphatic imine (C=N–C) groups is 1. The summed E-state index contributed by atoms with van der Waals surface area (Å²) in [6.07, 6.45) is 0. The van der Waals surface area contributed by atoms with Crippen molar-refractivity contribution in [3.05, 3.63) is 35.1 Å². The Kier molecular flexibility index (Phi) is 11.3. The van der Waals surface area contributed by atoms with E-state index in [9.17, 15) is 9.18 Å². The molecule has 0 atom stereocenters. The third-order valence-electron chi connectivity index (χ3n) is 4.37. The zero-order valence-corrected chi connectivity index (χ0v) is 19.2. The monoisotopic (exact) mass is 507 g/mol. The zero-order valence-electron chi connectivity index (χ0n) is 16.8. The lowest BCUT2D eigenvalue weighted by Gasteiger charge is -2.26. The predicted molar refractivity (Wildman–Crippen MR) is 120 cm³/mol. The first-order chi connectivity index (χ1) is 13.0. The van der Waals surface area contributed by atoms with E-state index in [0.29, 0.717) is 24.6 Å². The van der Waals surface area contributed by atoms with Crippen LogP contribution in [0.25, 0.3) is 0 Å². The maximum absolute atomic E-state index is 13.4. The third kappa shape index (κ3) is 8.70. The van der Waals surface area contributed by atoms with Crippen LogP contribution in [0.2, 0.25) is 0 Å². The summed E-state index contributed by atoms with van der Waals surface area (Å²) in [7, 11) is 3.43. The molecule has 1 aliphatic heterocycles. The van der Waals surface area contributed by atoms with Gasteiger partial charge in [-0.1, -0.05) is 12.1 Å². The molecule has 1 saturated heterocycles. The van der Waals surface area contributed by atoms with Gasteiger partial charge in [0.05, 0.1) is 26.3 Å². The van der Waals surface area contributed by atoms with E-state index in [-0.39, 0.29) is 42.2 Å². The van der Waals surface area contributed by atoms with Crippen LogP contribution in [0, 0.1) is 12.7 Å². The average Bonchev–Trinajstić information content (AvgIpc) is 2.66. The third-order valence-corrected chi connectivity index (χ3v) is 4.37. The van der Waals surface area contributed by atoms with Gasteiger partial charge in [-0.15, -0.1) is 24.0 Å².